The minimum absolute atomic E-state index is 0.215. The predicted molar refractivity (Wildman–Crippen MR) is 74.5 cm³/mol. The number of rotatable bonds is 3. The summed E-state index contributed by atoms with van der Waals surface area (Å²) in [5, 5.41) is 22.2. The van der Waals surface area contributed by atoms with Gasteiger partial charge in [0.05, 0.1) is 24.7 Å². The minimum atomic E-state index is -1.24. The van der Waals surface area contributed by atoms with Crippen molar-refractivity contribution in [3.8, 4) is 0 Å². The van der Waals surface area contributed by atoms with Gasteiger partial charge in [0.1, 0.15) is 11.7 Å². The van der Waals surface area contributed by atoms with E-state index >= 15 is 0 Å². The molecule has 0 saturated heterocycles. The quantitative estimate of drug-likeness (QED) is 0.659. The van der Waals surface area contributed by atoms with Gasteiger partial charge in [0.25, 0.3) is 0 Å². The monoisotopic (exact) mass is 303 g/mol. The van der Waals surface area contributed by atoms with Crippen molar-refractivity contribution in [2.75, 3.05) is 6.61 Å². The Balaban J connectivity index is 2.79. The van der Waals surface area contributed by atoms with Crippen molar-refractivity contribution in [2.24, 2.45) is 5.92 Å². The van der Waals surface area contributed by atoms with Gasteiger partial charge >= 0.3 is 12.1 Å². The predicted octanol–water partition coefficient (Wildman–Crippen LogP) is 0.575. The zero-order valence-electron chi connectivity index (χ0n) is 13.0. The van der Waals surface area contributed by atoms with Crippen LogP contribution in [-0.2, 0) is 14.3 Å². The van der Waals surface area contributed by atoms with E-state index in [4.69, 9.17) is 9.47 Å². The standard InChI is InChI=1S/C14H25NO6/c1-5-20-12(18)8-6-7-9(16)11(17)10(8)15-13(19)21-14(2,3)4/h8-11,16-17H,5-7H2,1-4H3,(H,15,19)/t8-,9-,10-,11-/m0/s1. The molecule has 3 N–H and O–H groups in total. The van der Waals surface area contributed by atoms with Crippen LogP contribution in [0.4, 0.5) is 4.79 Å². The minimum Gasteiger partial charge on any atom is -0.466 e. The molecule has 0 heterocycles. The summed E-state index contributed by atoms with van der Waals surface area (Å²) in [6.45, 7) is 7.03. The van der Waals surface area contributed by atoms with Gasteiger partial charge in [0.15, 0.2) is 0 Å². The Labute approximate surface area is 124 Å². The number of nitrogens with one attached hydrogen (secondary N) is 1. The molecule has 0 bridgehead atoms. The van der Waals surface area contributed by atoms with Gasteiger partial charge in [0, 0.05) is 0 Å². The van der Waals surface area contributed by atoms with E-state index in [-0.39, 0.29) is 13.0 Å². The molecule has 0 radical (unpaired) electrons. The molecule has 7 nitrogen and oxygen atoms in total. The molecule has 1 amide bonds. The SMILES string of the molecule is CCOC(=O)[C@H]1CC[C@H](O)[C@H](O)[C@H]1NC(=O)OC(C)(C)C. The van der Waals surface area contributed by atoms with Gasteiger partial charge in [0.2, 0.25) is 0 Å². The zero-order chi connectivity index (χ0) is 16.2. The lowest BCUT2D eigenvalue weighted by Gasteiger charge is -2.37. The average molecular weight is 303 g/mol. The molecule has 0 aromatic rings. The van der Waals surface area contributed by atoms with Gasteiger partial charge in [-0.1, -0.05) is 0 Å². The zero-order valence-corrected chi connectivity index (χ0v) is 13.0. The van der Waals surface area contributed by atoms with E-state index in [1.54, 1.807) is 27.7 Å². The van der Waals surface area contributed by atoms with E-state index in [1.165, 1.54) is 0 Å². The molecule has 1 fully saturated rings. The number of aliphatic hydroxyl groups excluding tert-OH is 2. The van der Waals surface area contributed by atoms with Gasteiger partial charge in [-0.2, -0.15) is 0 Å². The highest BCUT2D eigenvalue weighted by Gasteiger charge is 2.43. The molecule has 1 rings (SSSR count). The van der Waals surface area contributed by atoms with Crippen LogP contribution in [0.2, 0.25) is 0 Å². The van der Waals surface area contributed by atoms with Crippen molar-refractivity contribution in [2.45, 2.75) is 64.4 Å². The Morgan fingerprint density at radius 3 is 2.38 bits per heavy atom. The molecule has 21 heavy (non-hydrogen) atoms. The number of hydrogen-bond donors (Lipinski definition) is 3. The van der Waals surface area contributed by atoms with Crippen LogP contribution in [0.1, 0.15) is 40.5 Å². The van der Waals surface area contributed by atoms with Crippen molar-refractivity contribution in [3.63, 3.8) is 0 Å². The second kappa shape index (κ2) is 7.09. The number of esters is 1. The van der Waals surface area contributed by atoms with Crippen LogP contribution in [0.25, 0.3) is 0 Å². The van der Waals surface area contributed by atoms with Gasteiger partial charge < -0.3 is 25.0 Å². The average Bonchev–Trinajstić information content (AvgIpc) is 2.33. The normalized spacial score (nSPS) is 29.6. The summed E-state index contributed by atoms with van der Waals surface area (Å²) in [5.41, 5.74) is -0.693. The third kappa shape index (κ3) is 5.17. The summed E-state index contributed by atoms with van der Waals surface area (Å²) in [6, 6.07) is -0.928. The molecule has 0 unspecified atom stereocenters. The molecule has 1 saturated carbocycles. The summed E-state index contributed by atoms with van der Waals surface area (Å²) < 4.78 is 10.1. The lowest BCUT2D eigenvalue weighted by molar-refractivity contribution is -0.154. The number of aliphatic hydroxyl groups is 2. The number of amides is 1. The van der Waals surface area contributed by atoms with Crippen molar-refractivity contribution in [1.82, 2.24) is 5.32 Å². The first kappa shape index (κ1) is 17.7. The Hall–Kier alpha value is -1.34. The van der Waals surface area contributed by atoms with Gasteiger partial charge in [-0.3, -0.25) is 4.79 Å². The summed E-state index contributed by atoms with van der Waals surface area (Å²) in [6.07, 6.45) is -2.36. The molecule has 0 spiro atoms. The fourth-order valence-electron chi connectivity index (χ4n) is 2.32. The van der Waals surface area contributed by atoms with Crippen LogP contribution in [0, 0.1) is 5.92 Å². The molecule has 7 heteroatoms. The first-order chi connectivity index (χ1) is 9.65. The number of carbonyl (C=O) groups excluding carboxylic acids is 2. The van der Waals surface area contributed by atoms with E-state index in [2.05, 4.69) is 5.32 Å². The Morgan fingerprint density at radius 1 is 1.24 bits per heavy atom. The molecular formula is C14H25NO6. The molecule has 122 valence electrons. The fraction of sp³-hybridized carbons (Fsp3) is 0.857. The maximum atomic E-state index is 11.9. The topological polar surface area (TPSA) is 105 Å². The fourth-order valence-corrected chi connectivity index (χ4v) is 2.32. The second-order valence-electron chi connectivity index (χ2n) is 6.17. The largest absolute Gasteiger partial charge is 0.466 e. The maximum absolute atomic E-state index is 11.9. The summed E-state index contributed by atoms with van der Waals surface area (Å²) in [7, 11) is 0. The highest BCUT2D eigenvalue weighted by Crippen LogP contribution is 2.27. The van der Waals surface area contributed by atoms with E-state index in [0.29, 0.717) is 6.42 Å². The molecule has 0 aliphatic heterocycles. The van der Waals surface area contributed by atoms with Gasteiger partial charge in [-0.25, -0.2) is 4.79 Å². The molecule has 4 atom stereocenters. The molecule has 1 aliphatic carbocycles. The molecule has 0 aromatic heterocycles. The second-order valence-corrected chi connectivity index (χ2v) is 6.17. The first-order valence-electron chi connectivity index (χ1n) is 7.18. The van der Waals surface area contributed by atoms with Crippen molar-refractivity contribution >= 4 is 12.1 Å². The van der Waals surface area contributed by atoms with Crippen LogP contribution in [0.3, 0.4) is 0 Å². The number of hydrogen-bond acceptors (Lipinski definition) is 6. The van der Waals surface area contributed by atoms with E-state index in [1.807, 2.05) is 0 Å². The lowest BCUT2D eigenvalue weighted by atomic mass is 9.81. The van der Waals surface area contributed by atoms with E-state index < -0.39 is 41.8 Å². The molecular weight excluding hydrogens is 278 g/mol. The van der Waals surface area contributed by atoms with Crippen LogP contribution < -0.4 is 5.32 Å². The highest BCUT2D eigenvalue weighted by atomic mass is 16.6. The van der Waals surface area contributed by atoms with E-state index in [9.17, 15) is 19.8 Å². The van der Waals surface area contributed by atoms with E-state index in [0.717, 1.165) is 0 Å². The number of ether oxygens (including phenoxy) is 2. The summed E-state index contributed by atoms with van der Waals surface area (Å²) in [5.74, 6) is -1.19. The molecule has 1 aliphatic rings. The van der Waals surface area contributed by atoms with Crippen LogP contribution >= 0.6 is 0 Å². The van der Waals surface area contributed by atoms with Crippen molar-refractivity contribution in [1.29, 1.82) is 0 Å². The van der Waals surface area contributed by atoms with Crippen molar-refractivity contribution in [3.05, 3.63) is 0 Å². The highest BCUT2D eigenvalue weighted by molar-refractivity contribution is 5.75. The maximum Gasteiger partial charge on any atom is 0.407 e. The first-order valence-corrected chi connectivity index (χ1v) is 7.18. The lowest BCUT2D eigenvalue weighted by Crippen LogP contribution is -2.58. The Morgan fingerprint density at radius 2 is 1.86 bits per heavy atom. The smallest absolute Gasteiger partial charge is 0.407 e. The number of carbonyl (C=O) groups is 2. The number of alkyl carbamates (subject to hydrolysis) is 1. The third-order valence-electron chi connectivity index (χ3n) is 3.24. The van der Waals surface area contributed by atoms with Crippen molar-refractivity contribution < 1.29 is 29.3 Å². The summed E-state index contributed by atoms with van der Waals surface area (Å²) >= 11 is 0. The van der Waals surface area contributed by atoms with Crippen LogP contribution in [-0.4, -0.2) is 52.7 Å². The summed E-state index contributed by atoms with van der Waals surface area (Å²) in [4.78, 5) is 23.7. The van der Waals surface area contributed by atoms with Crippen LogP contribution in [0.5, 0.6) is 0 Å². The molecule has 0 aromatic carbocycles. The third-order valence-corrected chi connectivity index (χ3v) is 3.24. The van der Waals surface area contributed by atoms with Gasteiger partial charge in [-0.05, 0) is 40.5 Å². The van der Waals surface area contributed by atoms with Crippen LogP contribution in [0.15, 0.2) is 0 Å². The Bertz CT molecular complexity index is 378. The van der Waals surface area contributed by atoms with Gasteiger partial charge in [-0.15, -0.1) is 0 Å². The Kier molecular flexibility index (Phi) is 5.98.